The summed E-state index contributed by atoms with van der Waals surface area (Å²) in [6.07, 6.45) is 4.52. The van der Waals surface area contributed by atoms with Crippen molar-refractivity contribution in [2.45, 2.75) is 43.9 Å². The largest absolute Gasteiger partial charge is 0.355 e. The van der Waals surface area contributed by atoms with Gasteiger partial charge in [0.2, 0.25) is 5.91 Å². The monoisotopic (exact) mass is 262 g/mol. The molecule has 1 aliphatic rings. The lowest BCUT2D eigenvalue weighted by atomic mass is 9.95. The third-order valence-electron chi connectivity index (χ3n) is 3.16. The maximum atomic E-state index is 11.5. The third kappa shape index (κ3) is 5.04. The number of amides is 1. The fraction of sp³-hybridized carbons (Fsp3) is 0.909. The van der Waals surface area contributed by atoms with Crippen LogP contribution in [0, 0.1) is 0 Å². The molecule has 0 heterocycles. The highest BCUT2D eigenvalue weighted by Crippen LogP contribution is 2.23. The molecule has 6 heteroatoms. The van der Waals surface area contributed by atoms with Gasteiger partial charge in [-0.05, 0) is 26.2 Å². The van der Waals surface area contributed by atoms with Gasteiger partial charge in [0.05, 0.1) is 11.8 Å². The van der Waals surface area contributed by atoms with E-state index in [2.05, 4.69) is 10.6 Å². The number of sulfone groups is 1. The van der Waals surface area contributed by atoms with Crippen molar-refractivity contribution in [3.63, 3.8) is 0 Å². The molecule has 0 aromatic heterocycles. The topological polar surface area (TPSA) is 75.3 Å². The minimum atomic E-state index is -2.95. The smallest absolute Gasteiger partial charge is 0.233 e. The van der Waals surface area contributed by atoms with Crippen LogP contribution in [0.2, 0.25) is 0 Å². The van der Waals surface area contributed by atoms with Gasteiger partial charge in [0.15, 0.2) is 0 Å². The summed E-state index contributed by atoms with van der Waals surface area (Å²) in [7, 11) is -2.95. The van der Waals surface area contributed by atoms with Gasteiger partial charge in [-0.2, -0.15) is 0 Å². The minimum Gasteiger partial charge on any atom is -0.355 e. The molecule has 1 aliphatic carbocycles. The molecule has 2 N–H and O–H groups in total. The number of likely N-dealkylation sites (N-methyl/N-ethyl adjacent to an activating group) is 1. The van der Waals surface area contributed by atoms with E-state index in [0.717, 1.165) is 19.3 Å². The maximum absolute atomic E-state index is 11.5. The van der Waals surface area contributed by atoms with Crippen molar-refractivity contribution in [3.8, 4) is 0 Å². The Morgan fingerprint density at radius 1 is 1.35 bits per heavy atom. The quantitative estimate of drug-likeness (QED) is 0.735. The van der Waals surface area contributed by atoms with Gasteiger partial charge < -0.3 is 10.6 Å². The standard InChI is InChI=1S/C11H22N2O3S/c1-3-12-11(14)8-13-9-5-4-6-10(7-9)17(2,15)16/h9-10,13H,3-8H2,1-2H3,(H,12,14). The van der Waals surface area contributed by atoms with E-state index in [9.17, 15) is 13.2 Å². The van der Waals surface area contributed by atoms with Gasteiger partial charge in [-0.25, -0.2) is 8.42 Å². The van der Waals surface area contributed by atoms with Crippen LogP contribution >= 0.6 is 0 Å². The van der Waals surface area contributed by atoms with E-state index in [1.807, 2.05) is 6.92 Å². The average Bonchev–Trinajstić information content (AvgIpc) is 2.26. The first kappa shape index (κ1) is 14.4. The summed E-state index contributed by atoms with van der Waals surface area (Å²) in [6.45, 7) is 2.77. The predicted molar refractivity (Wildman–Crippen MR) is 67.6 cm³/mol. The fourth-order valence-corrected chi connectivity index (χ4v) is 3.39. The van der Waals surface area contributed by atoms with Crippen LogP contribution in [0.4, 0.5) is 0 Å². The number of hydrogen-bond acceptors (Lipinski definition) is 4. The summed E-state index contributed by atoms with van der Waals surface area (Å²) in [5, 5.41) is 5.59. The van der Waals surface area contributed by atoms with Crippen molar-refractivity contribution in [1.82, 2.24) is 10.6 Å². The van der Waals surface area contributed by atoms with Crippen LogP contribution in [0.25, 0.3) is 0 Å². The van der Waals surface area contributed by atoms with Crippen molar-refractivity contribution in [1.29, 1.82) is 0 Å². The molecule has 2 atom stereocenters. The molecule has 17 heavy (non-hydrogen) atoms. The van der Waals surface area contributed by atoms with Crippen LogP contribution in [-0.2, 0) is 14.6 Å². The molecule has 1 fully saturated rings. The molecular formula is C11H22N2O3S. The Hall–Kier alpha value is -0.620. The highest BCUT2D eigenvalue weighted by Gasteiger charge is 2.28. The lowest BCUT2D eigenvalue weighted by Crippen LogP contribution is -2.43. The molecule has 0 bridgehead atoms. The predicted octanol–water partition coefficient (Wildman–Crippen LogP) is 0.0679. The molecule has 0 aliphatic heterocycles. The summed E-state index contributed by atoms with van der Waals surface area (Å²) in [5.41, 5.74) is 0. The maximum Gasteiger partial charge on any atom is 0.233 e. The van der Waals surface area contributed by atoms with E-state index in [1.165, 1.54) is 6.26 Å². The van der Waals surface area contributed by atoms with Gasteiger partial charge in [0, 0.05) is 18.8 Å². The summed E-state index contributed by atoms with van der Waals surface area (Å²) in [5.74, 6) is -0.0334. The first-order valence-electron chi connectivity index (χ1n) is 6.12. The molecule has 0 radical (unpaired) electrons. The first-order chi connectivity index (χ1) is 7.93. The van der Waals surface area contributed by atoms with E-state index in [-0.39, 0.29) is 23.7 Å². The number of carbonyl (C=O) groups is 1. The molecule has 1 saturated carbocycles. The van der Waals surface area contributed by atoms with Gasteiger partial charge in [-0.3, -0.25) is 4.79 Å². The molecular weight excluding hydrogens is 240 g/mol. The van der Waals surface area contributed by atoms with Crippen LogP contribution in [0.15, 0.2) is 0 Å². The van der Waals surface area contributed by atoms with Gasteiger partial charge in [0.1, 0.15) is 9.84 Å². The van der Waals surface area contributed by atoms with Gasteiger partial charge >= 0.3 is 0 Å². The van der Waals surface area contributed by atoms with E-state index in [4.69, 9.17) is 0 Å². The highest BCUT2D eigenvalue weighted by atomic mass is 32.2. The van der Waals surface area contributed by atoms with Crippen LogP contribution in [0.1, 0.15) is 32.6 Å². The molecule has 1 rings (SSSR count). The van der Waals surface area contributed by atoms with Gasteiger partial charge in [-0.15, -0.1) is 0 Å². The van der Waals surface area contributed by atoms with Crippen molar-refractivity contribution >= 4 is 15.7 Å². The SMILES string of the molecule is CCNC(=O)CNC1CCCC(S(C)(=O)=O)C1. The molecule has 5 nitrogen and oxygen atoms in total. The van der Waals surface area contributed by atoms with E-state index in [0.29, 0.717) is 13.0 Å². The molecule has 0 aromatic carbocycles. The number of nitrogens with one attached hydrogen (secondary N) is 2. The lowest BCUT2D eigenvalue weighted by Gasteiger charge is -2.28. The van der Waals surface area contributed by atoms with Gasteiger partial charge in [0.25, 0.3) is 0 Å². The average molecular weight is 262 g/mol. The summed E-state index contributed by atoms with van der Waals surface area (Å²) < 4.78 is 22.9. The van der Waals surface area contributed by atoms with Crippen LogP contribution in [-0.4, -0.2) is 45.0 Å². The summed E-state index contributed by atoms with van der Waals surface area (Å²) >= 11 is 0. The first-order valence-corrected chi connectivity index (χ1v) is 8.08. The molecule has 0 aromatic rings. The Balaban J connectivity index is 2.38. The second kappa shape index (κ2) is 6.35. The number of hydrogen-bond donors (Lipinski definition) is 2. The van der Waals surface area contributed by atoms with Crippen molar-refractivity contribution < 1.29 is 13.2 Å². The Kier molecular flexibility index (Phi) is 5.39. The molecule has 0 spiro atoms. The second-order valence-electron chi connectivity index (χ2n) is 4.65. The Labute approximate surface area is 103 Å². The molecule has 2 unspecified atom stereocenters. The molecule has 1 amide bonds. The zero-order valence-corrected chi connectivity index (χ0v) is 11.3. The summed E-state index contributed by atoms with van der Waals surface area (Å²) in [6, 6.07) is 0.145. The lowest BCUT2D eigenvalue weighted by molar-refractivity contribution is -0.120. The van der Waals surface area contributed by atoms with Crippen LogP contribution in [0.5, 0.6) is 0 Å². The third-order valence-corrected chi connectivity index (χ3v) is 4.80. The van der Waals surface area contributed by atoms with E-state index in [1.54, 1.807) is 0 Å². The van der Waals surface area contributed by atoms with Crippen LogP contribution in [0.3, 0.4) is 0 Å². The Morgan fingerprint density at radius 2 is 2.06 bits per heavy atom. The number of rotatable bonds is 5. The second-order valence-corrected chi connectivity index (χ2v) is 6.98. The highest BCUT2D eigenvalue weighted by molar-refractivity contribution is 7.91. The molecule has 100 valence electrons. The number of carbonyl (C=O) groups excluding carboxylic acids is 1. The fourth-order valence-electron chi connectivity index (χ4n) is 2.22. The normalized spacial score (nSPS) is 25.5. The zero-order valence-electron chi connectivity index (χ0n) is 10.5. The van der Waals surface area contributed by atoms with E-state index >= 15 is 0 Å². The van der Waals surface area contributed by atoms with Crippen molar-refractivity contribution in [2.75, 3.05) is 19.3 Å². The van der Waals surface area contributed by atoms with E-state index < -0.39 is 9.84 Å². The zero-order chi connectivity index (χ0) is 12.9. The van der Waals surface area contributed by atoms with Crippen molar-refractivity contribution in [2.24, 2.45) is 0 Å². The Morgan fingerprint density at radius 3 is 2.65 bits per heavy atom. The minimum absolute atomic E-state index is 0.0334. The van der Waals surface area contributed by atoms with Gasteiger partial charge in [-0.1, -0.05) is 6.42 Å². The molecule has 0 saturated heterocycles. The summed E-state index contributed by atoms with van der Waals surface area (Å²) in [4.78, 5) is 11.3. The Bertz CT molecular complexity index is 354. The van der Waals surface area contributed by atoms with Crippen molar-refractivity contribution in [3.05, 3.63) is 0 Å². The van der Waals surface area contributed by atoms with Crippen LogP contribution < -0.4 is 10.6 Å².